The van der Waals surface area contributed by atoms with Crippen LogP contribution in [0.5, 0.6) is 0 Å². The minimum Gasteiger partial charge on any atom is -0.453 e. The van der Waals surface area contributed by atoms with Crippen molar-refractivity contribution >= 4 is 56.1 Å². The van der Waals surface area contributed by atoms with Gasteiger partial charge in [-0.1, -0.05) is 52.0 Å². The van der Waals surface area contributed by atoms with Crippen LogP contribution in [0, 0.1) is 11.8 Å². The molecule has 56 heavy (non-hydrogen) atoms. The molecule has 1 aromatic carbocycles. The van der Waals surface area contributed by atoms with E-state index in [2.05, 4.69) is 62.0 Å². The Bertz CT molecular complexity index is 2170. The largest absolute Gasteiger partial charge is 0.453 e. The number of carbonyl (C=O) groups is 4. The van der Waals surface area contributed by atoms with E-state index in [1.807, 2.05) is 49.9 Å². The quantitative estimate of drug-likeness (QED) is 0.106. The summed E-state index contributed by atoms with van der Waals surface area (Å²) in [6.07, 6.45) is 5.70. The van der Waals surface area contributed by atoms with Crippen LogP contribution >= 0.6 is 22.7 Å². The fraction of sp³-hybridized carbons (Fsp3) is 0.450. The van der Waals surface area contributed by atoms with Gasteiger partial charge < -0.3 is 39.9 Å². The van der Waals surface area contributed by atoms with Crippen LogP contribution in [0.2, 0.25) is 0 Å². The number of rotatable bonds is 11. The number of benzene rings is 1. The Labute approximate surface area is 333 Å². The summed E-state index contributed by atoms with van der Waals surface area (Å²) in [6, 6.07) is 11.0. The molecule has 5 aromatic rings. The van der Waals surface area contributed by atoms with Gasteiger partial charge in [0, 0.05) is 27.4 Å². The molecule has 16 heteroatoms. The number of aromatic amines is 2. The minimum absolute atomic E-state index is 0.0990. The first-order valence-electron chi connectivity index (χ1n) is 19.0. The Balaban J connectivity index is 1.02. The van der Waals surface area contributed by atoms with Gasteiger partial charge in [0.2, 0.25) is 11.8 Å². The van der Waals surface area contributed by atoms with Gasteiger partial charge in [-0.05, 0) is 60.8 Å². The van der Waals surface area contributed by atoms with E-state index in [1.165, 1.54) is 28.5 Å². The van der Waals surface area contributed by atoms with Crippen LogP contribution in [0.3, 0.4) is 0 Å². The summed E-state index contributed by atoms with van der Waals surface area (Å²) < 4.78 is 11.9. The van der Waals surface area contributed by atoms with Crippen LogP contribution in [0.1, 0.15) is 77.1 Å². The molecule has 0 aliphatic carbocycles. The highest BCUT2D eigenvalue weighted by Crippen LogP contribution is 2.42. The van der Waals surface area contributed by atoms with E-state index in [0.29, 0.717) is 13.1 Å². The third-order valence-corrected chi connectivity index (χ3v) is 13.0. The molecule has 14 nitrogen and oxygen atoms in total. The number of nitrogens with one attached hydrogen (secondary N) is 4. The highest BCUT2D eigenvalue weighted by atomic mass is 32.1. The lowest BCUT2D eigenvalue weighted by Crippen LogP contribution is -2.51. The molecule has 2 aliphatic rings. The van der Waals surface area contributed by atoms with Crippen molar-refractivity contribution in [1.29, 1.82) is 0 Å². The van der Waals surface area contributed by atoms with Crippen molar-refractivity contribution in [2.45, 2.75) is 77.5 Å². The van der Waals surface area contributed by atoms with Crippen LogP contribution in [0.4, 0.5) is 9.59 Å². The number of aromatic nitrogens is 4. The van der Waals surface area contributed by atoms with E-state index in [0.717, 1.165) is 64.7 Å². The monoisotopic (exact) mass is 800 g/mol. The highest BCUT2D eigenvalue weighted by Gasteiger charge is 2.39. The zero-order chi connectivity index (χ0) is 39.7. The summed E-state index contributed by atoms with van der Waals surface area (Å²) in [5.74, 6) is 1.01. The average molecular weight is 801 g/mol. The van der Waals surface area contributed by atoms with Crippen molar-refractivity contribution in [3.05, 3.63) is 60.4 Å². The van der Waals surface area contributed by atoms with Crippen molar-refractivity contribution in [2.24, 2.45) is 11.8 Å². The standard InChI is InChI=1S/C40H48N8O6S2/c1-21(2)33(45-39(51)53-5)37(49)47-15-7-9-27(47)35-41-19-25(43-35)23-11-13-24(14-12-23)29-17-31-32(55-29)18-30(56-31)26-20-42-36(44-26)28-10-8-16-48(28)38(50)34(22(3)4)46-40(52)54-6/h11-14,17-22,27-28,33-34H,7-10,15-16H2,1-6H3,(H,41,43)(H,42,44)(H,45,51)(H,46,52)/t27-,28?,33-,34-/m0/s1. The highest BCUT2D eigenvalue weighted by molar-refractivity contribution is 7.31. The fourth-order valence-corrected chi connectivity index (χ4v) is 9.96. The van der Waals surface area contributed by atoms with E-state index in [9.17, 15) is 19.2 Å². The lowest BCUT2D eigenvalue weighted by Gasteiger charge is -2.30. The van der Waals surface area contributed by atoms with Crippen LogP contribution in [-0.4, -0.2) is 93.1 Å². The van der Waals surface area contributed by atoms with Gasteiger partial charge in [-0.2, -0.15) is 0 Å². The summed E-state index contributed by atoms with van der Waals surface area (Å²) in [6.45, 7) is 8.82. The molecule has 0 bridgehead atoms. The Morgan fingerprint density at radius 2 is 1.14 bits per heavy atom. The predicted octanol–water partition coefficient (Wildman–Crippen LogP) is 7.50. The summed E-state index contributed by atoms with van der Waals surface area (Å²) in [5.41, 5.74) is 3.89. The van der Waals surface area contributed by atoms with Crippen molar-refractivity contribution in [3.8, 4) is 32.3 Å². The molecule has 0 saturated carbocycles. The molecule has 4 aromatic heterocycles. The van der Waals surface area contributed by atoms with Gasteiger partial charge in [0.25, 0.3) is 0 Å². The van der Waals surface area contributed by atoms with Crippen molar-refractivity contribution in [3.63, 3.8) is 0 Å². The second-order valence-electron chi connectivity index (χ2n) is 15.0. The number of imidazole rings is 2. The van der Waals surface area contributed by atoms with E-state index in [1.54, 1.807) is 22.7 Å². The van der Waals surface area contributed by atoms with Crippen LogP contribution < -0.4 is 10.6 Å². The maximum atomic E-state index is 13.6. The molecule has 4 atom stereocenters. The second kappa shape index (κ2) is 16.5. The van der Waals surface area contributed by atoms with E-state index < -0.39 is 24.3 Å². The number of amides is 4. The molecule has 2 fully saturated rings. The first-order chi connectivity index (χ1) is 26.9. The maximum absolute atomic E-state index is 13.6. The van der Waals surface area contributed by atoms with Gasteiger partial charge in [0.05, 0.1) is 55.0 Å². The summed E-state index contributed by atoms with van der Waals surface area (Å²) in [5, 5.41) is 5.40. The zero-order valence-corrected chi connectivity index (χ0v) is 34.0. The summed E-state index contributed by atoms with van der Waals surface area (Å²) >= 11 is 3.44. The fourth-order valence-electron chi connectivity index (χ4n) is 7.59. The molecular formula is C40H48N8O6S2. The van der Waals surface area contributed by atoms with Crippen LogP contribution in [0.15, 0.2) is 48.8 Å². The number of H-pyrrole nitrogens is 2. The van der Waals surface area contributed by atoms with Gasteiger partial charge in [-0.3, -0.25) is 9.59 Å². The number of carbonyl (C=O) groups excluding carboxylic acids is 4. The second-order valence-corrected chi connectivity index (χ2v) is 17.2. The van der Waals surface area contributed by atoms with Gasteiger partial charge >= 0.3 is 12.2 Å². The predicted molar refractivity (Wildman–Crippen MR) is 216 cm³/mol. The molecule has 0 radical (unpaired) electrons. The molecule has 4 amide bonds. The number of nitrogens with zero attached hydrogens (tertiary/aromatic N) is 4. The average Bonchev–Trinajstić information content (AvgIpc) is 4.04. The Kier molecular flexibility index (Phi) is 11.5. The van der Waals surface area contributed by atoms with E-state index in [4.69, 9.17) is 14.5 Å². The van der Waals surface area contributed by atoms with Gasteiger partial charge in [0.15, 0.2) is 0 Å². The number of likely N-dealkylation sites (tertiary alicyclic amines) is 2. The third kappa shape index (κ3) is 7.89. The number of ether oxygens (including phenoxy) is 2. The number of hydrogen-bond acceptors (Lipinski definition) is 10. The Morgan fingerprint density at radius 3 is 1.64 bits per heavy atom. The third-order valence-electron chi connectivity index (χ3n) is 10.6. The lowest BCUT2D eigenvalue weighted by atomic mass is 10.0. The smallest absolute Gasteiger partial charge is 0.407 e. The first kappa shape index (κ1) is 39.0. The number of alkyl carbamates (subject to hydrolysis) is 2. The molecule has 2 aliphatic heterocycles. The Hall–Kier alpha value is -5.22. The first-order valence-corrected chi connectivity index (χ1v) is 20.6. The topological polar surface area (TPSA) is 175 Å². The van der Waals surface area contributed by atoms with Crippen LogP contribution in [-0.2, 0) is 19.1 Å². The number of methoxy groups -OCH3 is 2. The molecule has 7 rings (SSSR count). The minimum atomic E-state index is -0.683. The summed E-state index contributed by atoms with van der Waals surface area (Å²) in [7, 11) is 2.59. The maximum Gasteiger partial charge on any atom is 0.407 e. The number of thiophene rings is 2. The van der Waals surface area contributed by atoms with Crippen molar-refractivity contribution in [1.82, 2.24) is 40.4 Å². The number of fused-ring (bicyclic) bond motifs is 1. The van der Waals surface area contributed by atoms with Crippen LogP contribution in [0.25, 0.3) is 41.7 Å². The zero-order valence-electron chi connectivity index (χ0n) is 32.4. The van der Waals surface area contributed by atoms with Crippen molar-refractivity contribution < 1.29 is 28.7 Å². The van der Waals surface area contributed by atoms with E-state index in [-0.39, 0.29) is 35.7 Å². The Morgan fingerprint density at radius 1 is 0.696 bits per heavy atom. The molecule has 4 N–H and O–H groups in total. The van der Waals surface area contributed by atoms with E-state index >= 15 is 0 Å². The molecule has 296 valence electrons. The van der Waals surface area contributed by atoms with Gasteiger partial charge in [-0.15, -0.1) is 22.7 Å². The summed E-state index contributed by atoms with van der Waals surface area (Å²) in [4.78, 5) is 73.2. The molecule has 0 spiro atoms. The lowest BCUT2D eigenvalue weighted by molar-refractivity contribution is -0.136. The molecule has 2 saturated heterocycles. The molecule has 6 heterocycles. The normalized spacial score (nSPS) is 18.1. The molecular weight excluding hydrogens is 753 g/mol. The van der Waals surface area contributed by atoms with Gasteiger partial charge in [-0.25, -0.2) is 19.6 Å². The van der Waals surface area contributed by atoms with Crippen molar-refractivity contribution in [2.75, 3.05) is 27.3 Å². The SMILES string of the molecule is COC(=O)N[C@H](C(=O)N1CCCC1c1ncc(-c2cc3sc(-c4ccc(-c5cnc([C@@H]6CCCN6C(=O)[C@@H](NC(=O)OC)C(C)C)[nH]5)cc4)cc3s2)[nH]1)C(C)C. The van der Waals surface area contributed by atoms with Gasteiger partial charge in [0.1, 0.15) is 23.7 Å². The molecule has 1 unspecified atom stereocenters. The number of hydrogen-bond donors (Lipinski definition) is 4.